The standard InChI is InChI=1S/C17H24F4N4/c1-22-16(23-8-6-13-2-4-15(18)5-3-13)24-10-14-7-9-25(11-14)12-17(19,20)21/h2-5,14H,6-12H2,1H3,(H2,22,23,24). The molecule has 2 N–H and O–H groups in total. The number of benzene rings is 1. The van der Waals surface area contributed by atoms with Gasteiger partial charge >= 0.3 is 6.18 Å². The van der Waals surface area contributed by atoms with Crippen LogP contribution in [0.25, 0.3) is 0 Å². The molecular formula is C17H24F4N4. The minimum atomic E-state index is -4.14. The van der Waals surface area contributed by atoms with Gasteiger partial charge in [-0.3, -0.25) is 9.89 Å². The number of aliphatic imine (C=N–C) groups is 1. The summed E-state index contributed by atoms with van der Waals surface area (Å²) >= 11 is 0. The van der Waals surface area contributed by atoms with E-state index in [4.69, 9.17) is 0 Å². The lowest BCUT2D eigenvalue weighted by Gasteiger charge is -2.18. The molecule has 8 heteroatoms. The number of nitrogens with zero attached hydrogens (tertiary/aromatic N) is 2. The molecule has 1 aromatic carbocycles. The van der Waals surface area contributed by atoms with Gasteiger partial charge in [-0.25, -0.2) is 4.39 Å². The summed E-state index contributed by atoms with van der Waals surface area (Å²) in [7, 11) is 1.65. The largest absolute Gasteiger partial charge is 0.401 e. The summed E-state index contributed by atoms with van der Waals surface area (Å²) in [5.41, 5.74) is 1.02. The zero-order valence-electron chi connectivity index (χ0n) is 14.2. The van der Waals surface area contributed by atoms with Crippen LogP contribution in [0, 0.1) is 11.7 Å². The van der Waals surface area contributed by atoms with Gasteiger partial charge in [0.2, 0.25) is 0 Å². The van der Waals surface area contributed by atoms with Gasteiger partial charge in [0.15, 0.2) is 5.96 Å². The van der Waals surface area contributed by atoms with Gasteiger partial charge in [0.1, 0.15) is 5.82 Å². The van der Waals surface area contributed by atoms with E-state index in [2.05, 4.69) is 15.6 Å². The molecule has 140 valence electrons. The lowest BCUT2D eigenvalue weighted by atomic mass is 10.1. The van der Waals surface area contributed by atoms with Gasteiger partial charge in [0.05, 0.1) is 6.54 Å². The topological polar surface area (TPSA) is 39.7 Å². The lowest BCUT2D eigenvalue weighted by molar-refractivity contribution is -0.143. The van der Waals surface area contributed by atoms with Gasteiger partial charge in [-0.1, -0.05) is 12.1 Å². The number of hydrogen-bond donors (Lipinski definition) is 2. The number of rotatable bonds is 6. The van der Waals surface area contributed by atoms with Crippen molar-refractivity contribution >= 4 is 5.96 Å². The molecule has 1 heterocycles. The average molecular weight is 360 g/mol. The Hall–Kier alpha value is -1.83. The Labute approximate surface area is 145 Å². The van der Waals surface area contributed by atoms with Crippen LogP contribution < -0.4 is 10.6 Å². The Morgan fingerprint density at radius 1 is 1.24 bits per heavy atom. The first-order chi connectivity index (χ1) is 11.9. The predicted octanol–water partition coefficient (Wildman–Crippen LogP) is 2.42. The zero-order chi connectivity index (χ0) is 18.3. The predicted molar refractivity (Wildman–Crippen MR) is 90.1 cm³/mol. The van der Waals surface area contributed by atoms with Crippen molar-refractivity contribution in [3.63, 3.8) is 0 Å². The van der Waals surface area contributed by atoms with Gasteiger partial charge in [-0.05, 0) is 43.0 Å². The van der Waals surface area contributed by atoms with Crippen LogP contribution in [0.4, 0.5) is 17.6 Å². The fourth-order valence-corrected chi connectivity index (χ4v) is 2.91. The van der Waals surface area contributed by atoms with Crippen molar-refractivity contribution in [2.75, 3.05) is 39.8 Å². The molecular weight excluding hydrogens is 336 g/mol. The minimum Gasteiger partial charge on any atom is -0.356 e. The van der Waals surface area contributed by atoms with E-state index in [1.54, 1.807) is 19.2 Å². The number of alkyl halides is 3. The first-order valence-electron chi connectivity index (χ1n) is 8.34. The summed E-state index contributed by atoms with van der Waals surface area (Å²) in [6.07, 6.45) is -2.67. The Kier molecular flexibility index (Phi) is 7.04. The van der Waals surface area contributed by atoms with Crippen LogP contribution in [0.5, 0.6) is 0 Å². The third-order valence-corrected chi connectivity index (χ3v) is 4.17. The molecule has 0 radical (unpaired) electrons. The molecule has 1 aliphatic rings. The van der Waals surface area contributed by atoms with Gasteiger partial charge < -0.3 is 10.6 Å². The van der Waals surface area contributed by atoms with Crippen molar-refractivity contribution in [2.45, 2.75) is 19.0 Å². The van der Waals surface area contributed by atoms with Crippen molar-refractivity contribution in [1.29, 1.82) is 0 Å². The molecule has 0 saturated carbocycles. The van der Waals surface area contributed by atoms with E-state index in [-0.39, 0.29) is 11.7 Å². The third-order valence-electron chi connectivity index (χ3n) is 4.17. The number of guanidine groups is 1. The van der Waals surface area contributed by atoms with E-state index >= 15 is 0 Å². The molecule has 4 nitrogen and oxygen atoms in total. The van der Waals surface area contributed by atoms with E-state index < -0.39 is 12.7 Å². The Morgan fingerprint density at radius 3 is 2.60 bits per heavy atom. The lowest BCUT2D eigenvalue weighted by Crippen LogP contribution is -2.41. The maximum Gasteiger partial charge on any atom is 0.401 e. The number of halogens is 4. The number of hydrogen-bond acceptors (Lipinski definition) is 2. The Morgan fingerprint density at radius 2 is 1.96 bits per heavy atom. The summed E-state index contributed by atoms with van der Waals surface area (Å²) in [5, 5.41) is 6.32. The Balaban J connectivity index is 1.66. The van der Waals surface area contributed by atoms with Crippen LogP contribution in [0.3, 0.4) is 0 Å². The second kappa shape index (κ2) is 9.03. The number of nitrogens with one attached hydrogen (secondary N) is 2. The van der Waals surface area contributed by atoms with Gasteiger partial charge in [0.25, 0.3) is 0 Å². The molecule has 0 bridgehead atoms. The first kappa shape index (κ1) is 19.5. The molecule has 1 aliphatic heterocycles. The van der Waals surface area contributed by atoms with E-state index in [0.717, 1.165) is 18.4 Å². The van der Waals surface area contributed by atoms with Crippen molar-refractivity contribution in [1.82, 2.24) is 15.5 Å². The normalized spacial score (nSPS) is 19.2. The van der Waals surface area contributed by atoms with E-state index in [9.17, 15) is 17.6 Å². The fraction of sp³-hybridized carbons (Fsp3) is 0.588. The van der Waals surface area contributed by atoms with Gasteiger partial charge in [-0.15, -0.1) is 0 Å². The summed E-state index contributed by atoms with van der Waals surface area (Å²) in [4.78, 5) is 5.56. The zero-order valence-corrected chi connectivity index (χ0v) is 14.2. The second-order valence-electron chi connectivity index (χ2n) is 6.26. The van der Waals surface area contributed by atoms with Gasteiger partial charge in [-0.2, -0.15) is 13.2 Å². The van der Waals surface area contributed by atoms with E-state index in [0.29, 0.717) is 32.1 Å². The summed E-state index contributed by atoms with van der Waals surface area (Å²) in [6, 6.07) is 6.33. The summed E-state index contributed by atoms with van der Waals surface area (Å²) in [5.74, 6) is 0.541. The van der Waals surface area contributed by atoms with Crippen LogP contribution in [0.15, 0.2) is 29.3 Å². The first-order valence-corrected chi connectivity index (χ1v) is 8.34. The second-order valence-corrected chi connectivity index (χ2v) is 6.26. The highest BCUT2D eigenvalue weighted by molar-refractivity contribution is 5.79. The fourth-order valence-electron chi connectivity index (χ4n) is 2.91. The highest BCUT2D eigenvalue weighted by atomic mass is 19.4. The van der Waals surface area contributed by atoms with Crippen LogP contribution in [0.2, 0.25) is 0 Å². The molecule has 2 rings (SSSR count). The van der Waals surface area contributed by atoms with Crippen molar-refractivity contribution in [2.24, 2.45) is 10.9 Å². The van der Waals surface area contributed by atoms with E-state index in [1.165, 1.54) is 17.0 Å². The highest BCUT2D eigenvalue weighted by Crippen LogP contribution is 2.22. The molecule has 1 unspecified atom stereocenters. The van der Waals surface area contributed by atoms with Crippen molar-refractivity contribution in [3.8, 4) is 0 Å². The molecule has 0 spiro atoms. The van der Waals surface area contributed by atoms with Crippen LogP contribution in [-0.4, -0.2) is 56.8 Å². The van der Waals surface area contributed by atoms with Crippen LogP contribution >= 0.6 is 0 Å². The van der Waals surface area contributed by atoms with E-state index in [1.807, 2.05) is 0 Å². The van der Waals surface area contributed by atoms with Crippen molar-refractivity contribution in [3.05, 3.63) is 35.6 Å². The quantitative estimate of drug-likeness (QED) is 0.465. The maximum atomic E-state index is 12.8. The van der Waals surface area contributed by atoms with Crippen LogP contribution in [0.1, 0.15) is 12.0 Å². The smallest absolute Gasteiger partial charge is 0.356 e. The molecule has 0 amide bonds. The molecule has 25 heavy (non-hydrogen) atoms. The monoisotopic (exact) mass is 360 g/mol. The molecule has 1 aromatic rings. The summed E-state index contributed by atoms with van der Waals surface area (Å²) in [6.45, 7) is 1.30. The number of likely N-dealkylation sites (tertiary alicyclic amines) is 1. The molecule has 1 fully saturated rings. The molecule has 1 atom stereocenters. The SMILES string of the molecule is CN=C(NCCc1ccc(F)cc1)NCC1CCN(CC(F)(F)F)C1. The molecule has 0 aliphatic carbocycles. The van der Waals surface area contributed by atoms with Crippen molar-refractivity contribution < 1.29 is 17.6 Å². The highest BCUT2D eigenvalue weighted by Gasteiger charge is 2.34. The average Bonchev–Trinajstić information content (AvgIpc) is 2.98. The Bertz CT molecular complexity index is 557. The van der Waals surface area contributed by atoms with Crippen LogP contribution in [-0.2, 0) is 6.42 Å². The minimum absolute atomic E-state index is 0.179. The summed E-state index contributed by atoms with van der Waals surface area (Å²) < 4.78 is 50.0. The molecule has 0 aromatic heterocycles. The molecule has 1 saturated heterocycles. The third kappa shape index (κ3) is 7.29. The maximum absolute atomic E-state index is 12.8. The van der Waals surface area contributed by atoms with Gasteiger partial charge in [0, 0.05) is 26.7 Å².